The zero-order valence-corrected chi connectivity index (χ0v) is 15.3. The number of carbonyl (C=O) groups is 1. The summed E-state index contributed by atoms with van der Waals surface area (Å²) in [5, 5.41) is 0. The fourth-order valence-electron chi connectivity index (χ4n) is 2.62. The number of carbonyl (C=O) groups excluding carboxylic acids is 1. The van der Waals surface area contributed by atoms with Crippen LogP contribution in [0.3, 0.4) is 0 Å². The Morgan fingerprint density at radius 3 is 2.57 bits per heavy atom. The third kappa shape index (κ3) is 4.73. The molecule has 5 heteroatoms. The van der Waals surface area contributed by atoms with Crippen molar-refractivity contribution in [1.82, 2.24) is 4.90 Å². The molecule has 1 aromatic rings. The van der Waals surface area contributed by atoms with E-state index in [1.54, 1.807) is 0 Å². The third-order valence-electron chi connectivity index (χ3n) is 3.51. The first-order valence-electron chi connectivity index (χ1n) is 7.15. The molecule has 3 nitrogen and oxygen atoms in total. The summed E-state index contributed by atoms with van der Waals surface area (Å²) in [5.41, 5.74) is 1.17. The number of amides is 1. The van der Waals surface area contributed by atoms with Gasteiger partial charge in [-0.15, -0.1) is 0 Å². The van der Waals surface area contributed by atoms with Crippen LogP contribution in [0, 0.1) is 0 Å². The van der Waals surface area contributed by atoms with Crippen LogP contribution < -0.4 is 17.0 Å². The number of benzene rings is 1. The van der Waals surface area contributed by atoms with E-state index in [1.807, 2.05) is 23.1 Å². The molecule has 1 fully saturated rings. The minimum atomic E-state index is -0.0544. The summed E-state index contributed by atoms with van der Waals surface area (Å²) in [7, 11) is 0.121. The zero-order valence-electron chi connectivity index (χ0n) is 12.9. The Morgan fingerprint density at radius 2 is 2.00 bits per heavy atom. The monoisotopic (exact) mass is 373 g/mol. The highest BCUT2D eigenvalue weighted by Gasteiger charge is 2.39. The second-order valence-corrected chi connectivity index (χ2v) is 7.69. The molecule has 0 unspecified atom stereocenters. The summed E-state index contributed by atoms with van der Waals surface area (Å²) < 4.78 is 5.88. The third-order valence-corrected chi connectivity index (χ3v) is 4.34. The predicted molar refractivity (Wildman–Crippen MR) is 84.8 cm³/mol. The highest BCUT2D eigenvalue weighted by Crippen LogP contribution is 2.32. The molecule has 0 spiro atoms. The highest BCUT2D eigenvalue weighted by molar-refractivity contribution is 7.96. The Bertz CT molecular complexity index is 441. The van der Waals surface area contributed by atoms with Crippen LogP contribution in [0.5, 0.6) is 0 Å². The molecule has 1 saturated heterocycles. The van der Waals surface area contributed by atoms with Gasteiger partial charge < -0.3 is 26.6 Å². The maximum Gasteiger partial charge on any atom is 0.275 e. The molecule has 2 atom stereocenters. The zero-order chi connectivity index (χ0) is 14.5. The lowest BCUT2D eigenvalue weighted by Gasteiger charge is -2.27. The van der Waals surface area contributed by atoms with E-state index in [-0.39, 0.29) is 46.1 Å². The van der Waals surface area contributed by atoms with Gasteiger partial charge in [-0.05, 0) is 22.9 Å². The molecule has 0 aromatic heterocycles. The first-order chi connectivity index (χ1) is 9.63. The highest BCUT2D eigenvalue weighted by atomic mass is 79.9. The number of ether oxygens (including phenoxy) is 1. The molecular weight excluding hydrogens is 350 g/mol. The molecule has 2 rings (SSSR count). The van der Waals surface area contributed by atoms with Gasteiger partial charge in [-0.3, -0.25) is 4.79 Å². The van der Waals surface area contributed by atoms with E-state index in [0.717, 1.165) is 12.8 Å². The van der Waals surface area contributed by atoms with Crippen molar-refractivity contribution in [2.45, 2.75) is 32.0 Å². The Balaban J connectivity index is 0.00000220. The lowest BCUT2D eigenvalue weighted by Crippen LogP contribution is -3.00. The maximum atomic E-state index is 12.6. The summed E-state index contributed by atoms with van der Waals surface area (Å²) in [5.74, 6) is 0.843. The van der Waals surface area contributed by atoms with E-state index in [0.29, 0.717) is 12.4 Å². The number of nitrogens with zero attached hydrogens (tertiary/aromatic N) is 1. The van der Waals surface area contributed by atoms with Gasteiger partial charge in [0.1, 0.15) is 6.23 Å². The van der Waals surface area contributed by atoms with Crippen LogP contribution in [0.4, 0.5) is 0 Å². The molecular formula is C16H24BrNO2S. The molecule has 1 amide bonds. The predicted octanol–water partition coefficient (Wildman–Crippen LogP) is -0.405. The standard InChI is InChI=1S/C16H24NO2S.BrH/c1-4-8-16-17(15(18)12-20(2)3)14(11-19-16)13-9-6-5-7-10-13;/h5-7,9-10,14,16H,4,8,11-12H2,1-3H3;1H/q+1;/p-1/t14-,16+;/m1./s1. The summed E-state index contributed by atoms with van der Waals surface area (Å²) in [6.07, 6.45) is 6.11. The van der Waals surface area contributed by atoms with Crippen LogP contribution in [-0.4, -0.2) is 41.9 Å². The van der Waals surface area contributed by atoms with E-state index in [2.05, 4.69) is 31.6 Å². The maximum absolute atomic E-state index is 12.6. The summed E-state index contributed by atoms with van der Waals surface area (Å²) in [6.45, 7) is 2.74. The Kier molecular flexibility index (Phi) is 7.77. The van der Waals surface area contributed by atoms with E-state index in [9.17, 15) is 4.79 Å². The van der Waals surface area contributed by atoms with Crippen molar-refractivity contribution in [2.75, 3.05) is 24.9 Å². The second-order valence-electron chi connectivity index (χ2n) is 5.43. The van der Waals surface area contributed by atoms with Gasteiger partial charge in [0.05, 0.1) is 25.2 Å². The summed E-state index contributed by atoms with van der Waals surface area (Å²) >= 11 is 0. The molecule has 0 saturated carbocycles. The van der Waals surface area contributed by atoms with Crippen molar-refractivity contribution < 1.29 is 26.5 Å². The summed E-state index contributed by atoms with van der Waals surface area (Å²) in [6, 6.07) is 10.3. The molecule has 118 valence electrons. The molecule has 21 heavy (non-hydrogen) atoms. The van der Waals surface area contributed by atoms with Crippen molar-refractivity contribution in [2.24, 2.45) is 0 Å². The number of rotatable bonds is 5. The molecule has 1 aromatic carbocycles. The number of hydrogen-bond donors (Lipinski definition) is 0. The fraction of sp³-hybridized carbons (Fsp3) is 0.562. The van der Waals surface area contributed by atoms with Gasteiger partial charge in [0.25, 0.3) is 5.91 Å². The van der Waals surface area contributed by atoms with Gasteiger partial charge in [-0.25, -0.2) is 0 Å². The quantitative estimate of drug-likeness (QED) is 0.657. The summed E-state index contributed by atoms with van der Waals surface area (Å²) in [4.78, 5) is 14.6. The number of halogens is 1. The molecule has 0 bridgehead atoms. The van der Waals surface area contributed by atoms with Gasteiger partial charge in [-0.2, -0.15) is 0 Å². The van der Waals surface area contributed by atoms with Gasteiger partial charge in [0, 0.05) is 0 Å². The minimum absolute atomic E-state index is 0. The normalized spacial score (nSPS) is 21.4. The largest absolute Gasteiger partial charge is 1.00 e. The van der Waals surface area contributed by atoms with Gasteiger partial charge in [-0.1, -0.05) is 43.7 Å². The molecule has 0 radical (unpaired) electrons. The van der Waals surface area contributed by atoms with Crippen LogP contribution in [-0.2, 0) is 20.4 Å². The van der Waals surface area contributed by atoms with Crippen LogP contribution in [0.25, 0.3) is 0 Å². The van der Waals surface area contributed by atoms with E-state index >= 15 is 0 Å². The van der Waals surface area contributed by atoms with Crippen LogP contribution >= 0.6 is 0 Å². The van der Waals surface area contributed by atoms with Gasteiger partial charge in [0.2, 0.25) is 0 Å². The minimum Gasteiger partial charge on any atom is -1.00 e. The van der Waals surface area contributed by atoms with Crippen LogP contribution in [0.2, 0.25) is 0 Å². The van der Waals surface area contributed by atoms with Gasteiger partial charge in [0.15, 0.2) is 5.75 Å². The fourth-order valence-corrected chi connectivity index (χ4v) is 3.26. The van der Waals surface area contributed by atoms with Crippen molar-refractivity contribution >= 4 is 16.8 Å². The smallest absolute Gasteiger partial charge is 0.275 e. The van der Waals surface area contributed by atoms with Crippen LogP contribution in [0.15, 0.2) is 30.3 Å². The average molecular weight is 374 g/mol. The molecule has 1 aliphatic rings. The second kappa shape index (κ2) is 8.81. The van der Waals surface area contributed by atoms with E-state index in [1.165, 1.54) is 5.56 Å². The van der Waals surface area contributed by atoms with E-state index < -0.39 is 0 Å². The van der Waals surface area contributed by atoms with Crippen molar-refractivity contribution in [3.63, 3.8) is 0 Å². The van der Waals surface area contributed by atoms with Crippen LogP contribution in [0.1, 0.15) is 31.4 Å². The SMILES string of the molecule is CCC[C@@H]1OC[C@H](c2ccccc2)N1C(=O)C[S+](C)C.[Br-]. The molecule has 1 aliphatic heterocycles. The van der Waals surface area contributed by atoms with Crippen molar-refractivity contribution in [3.05, 3.63) is 35.9 Å². The Labute approximate surface area is 141 Å². The lowest BCUT2D eigenvalue weighted by molar-refractivity contribution is -0.135. The van der Waals surface area contributed by atoms with E-state index in [4.69, 9.17) is 4.74 Å². The molecule has 0 N–H and O–H groups in total. The Hall–Kier alpha value is -0.520. The first-order valence-corrected chi connectivity index (χ1v) is 9.36. The average Bonchev–Trinajstić information content (AvgIpc) is 2.83. The van der Waals surface area contributed by atoms with Crippen molar-refractivity contribution in [1.29, 1.82) is 0 Å². The Morgan fingerprint density at radius 1 is 1.33 bits per heavy atom. The topological polar surface area (TPSA) is 29.5 Å². The van der Waals surface area contributed by atoms with Gasteiger partial charge >= 0.3 is 0 Å². The lowest BCUT2D eigenvalue weighted by atomic mass is 10.1. The first kappa shape index (κ1) is 18.5. The molecule has 1 heterocycles. The number of hydrogen-bond acceptors (Lipinski definition) is 2. The van der Waals surface area contributed by atoms with Crippen molar-refractivity contribution in [3.8, 4) is 0 Å². The molecule has 0 aliphatic carbocycles.